The molecule has 3 nitrogen and oxygen atoms in total. The van der Waals surface area contributed by atoms with Crippen LogP contribution in [0.15, 0.2) is 12.1 Å². The minimum absolute atomic E-state index is 0.0279. The summed E-state index contributed by atoms with van der Waals surface area (Å²) in [6.45, 7) is 1.95. The smallest absolute Gasteiger partial charge is 0.161 e. The summed E-state index contributed by atoms with van der Waals surface area (Å²) in [7, 11) is 1.51. The van der Waals surface area contributed by atoms with Gasteiger partial charge in [-0.05, 0) is 25.0 Å². The van der Waals surface area contributed by atoms with Gasteiger partial charge in [0, 0.05) is 12.2 Å². The Morgan fingerprint density at radius 3 is 2.62 bits per heavy atom. The number of hydrogen-bond acceptors (Lipinski definition) is 3. The molecule has 72 valence electrons. The van der Waals surface area contributed by atoms with Gasteiger partial charge in [-0.2, -0.15) is 0 Å². The molecule has 0 aliphatic heterocycles. The first-order valence-electron chi connectivity index (χ1n) is 4.16. The minimum atomic E-state index is 0.0279. The van der Waals surface area contributed by atoms with Gasteiger partial charge in [-0.3, -0.25) is 0 Å². The van der Waals surface area contributed by atoms with Crippen molar-refractivity contribution in [3.8, 4) is 11.5 Å². The van der Waals surface area contributed by atoms with E-state index in [-0.39, 0.29) is 12.4 Å². The molecular formula is C10H14O3. The Kier molecular flexibility index (Phi) is 3.14. The fourth-order valence-electron chi connectivity index (χ4n) is 1.28. The first kappa shape index (κ1) is 9.86. The summed E-state index contributed by atoms with van der Waals surface area (Å²) in [6.07, 6.45) is 0.448. The predicted octanol–water partition coefficient (Wildman–Crippen LogP) is 1.24. The molecule has 0 unspecified atom stereocenters. The molecule has 1 aromatic carbocycles. The van der Waals surface area contributed by atoms with Crippen molar-refractivity contribution in [3.63, 3.8) is 0 Å². The second kappa shape index (κ2) is 4.14. The number of aryl methyl sites for hydroxylation is 1. The fraction of sp³-hybridized carbons (Fsp3) is 0.400. The number of aliphatic hydroxyl groups excluding tert-OH is 1. The molecule has 0 saturated carbocycles. The van der Waals surface area contributed by atoms with Crippen LogP contribution in [-0.2, 0) is 6.42 Å². The average molecular weight is 182 g/mol. The molecule has 0 fully saturated rings. The number of phenols is 1. The van der Waals surface area contributed by atoms with E-state index < -0.39 is 0 Å². The highest BCUT2D eigenvalue weighted by Gasteiger charge is 2.07. The van der Waals surface area contributed by atoms with Crippen molar-refractivity contribution >= 4 is 0 Å². The number of aromatic hydroxyl groups is 1. The first-order chi connectivity index (χ1) is 6.19. The summed E-state index contributed by atoms with van der Waals surface area (Å²) < 4.78 is 4.98. The lowest BCUT2D eigenvalue weighted by Gasteiger charge is -2.09. The van der Waals surface area contributed by atoms with Crippen LogP contribution in [0.3, 0.4) is 0 Å². The molecule has 0 saturated heterocycles. The lowest BCUT2D eigenvalue weighted by Crippen LogP contribution is -1.94. The van der Waals surface area contributed by atoms with E-state index in [0.29, 0.717) is 12.2 Å². The predicted molar refractivity (Wildman–Crippen MR) is 50.2 cm³/mol. The quantitative estimate of drug-likeness (QED) is 0.739. The molecule has 0 amide bonds. The summed E-state index contributed by atoms with van der Waals surface area (Å²) in [6, 6.07) is 3.60. The van der Waals surface area contributed by atoms with Crippen LogP contribution in [0.4, 0.5) is 0 Å². The molecule has 0 bridgehead atoms. The molecule has 1 aromatic rings. The van der Waals surface area contributed by atoms with Gasteiger partial charge in [-0.25, -0.2) is 0 Å². The normalized spacial score (nSPS) is 10.1. The Labute approximate surface area is 77.6 Å². The summed E-state index contributed by atoms with van der Waals surface area (Å²) >= 11 is 0. The second-order valence-corrected chi connectivity index (χ2v) is 2.95. The van der Waals surface area contributed by atoms with Crippen LogP contribution < -0.4 is 4.74 Å². The van der Waals surface area contributed by atoms with Crippen LogP contribution in [0.25, 0.3) is 0 Å². The van der Waals surface area contributed by atoms with E-state index in [1.54, 1.807) is 6.07 Å². The van der Waals surface area contributed by atoms with Crippen molar-refractivity contribution in [2.24, 2.45) is 0 Å². The summed E-state index contributed by atoms with van der Waals surface area (Å²) in [5.41, 5.74) is 1.73. The highest BCUT2D eigenvalue weighted by atomic mass is 16.5. The third-order valence-corrected chi connectivity index (χ3v) is 1.90. The Bertz CT molecular complexity index is 294. The monoisotopic (exact) mass is 182 g/mol. The van der Waals surface area contributed by atoms with Crippen LogP contribution in [-0.4, -0.2) is 23.9 Å². The van der Waals surface area contributed by atoms with Gasteiger partial charge in [-0.1, -0.05) is 6.07 Å². The summed E-state index contributed by atoms with van der Waals surface area (Å²) in [5, 5.41) is 18.4. The molecule has 1 rings (SSSR count). The number of benzene rings is 1. The molecule has 0 spiro atoms. The zero-order chi connectivity index (χ0) is 9.84. The van der Waals surface area contributed by atoms with Crippen LogP contribution in [0.2, 0.25) is 0 Å². The van der Waals surface area contributed by atoms with Crippen LogP contribution in [0, 0.1) is 6.92 Å². The SMILES string of the molecule is COc1cc(C)cc(CCO)c1O. The van der Waals surface area contributed by atoms with Crippen molar-refractivity contribution in [2.75, 3.05) is 13.7 Å². The molecule has 2 N–H and O–H groups in total. The third-order valence-electron chi connectivity index (χ3n) is 1.90. The van der Waals surface area contributed by atoms with Crippen molar-refractivity contribution in [3.05, 3.63) is 23.3 Å². The van der Waals surface area contributed by atoms with E-state index in [0.717, 1.165) is 11.1 Å². The van der Waals surface area contributed by atoms with Crippen molar-refractivity contribution in [1.82, 2.24) is 0 Å². The van der Waals surface area contributed by atoms with Crippen molar-refractivity contribution in [1.29, 1.82) is 0 Å². The molecule has 0 atom stereocenters. The van der Waals surface area contributed by atoms with E-state index >= 15 is 0 Å². The Morgan fingerprint density at radius 1 is 1.38 bits per heavy atom. The van der Waals surface area contributed by atoms with E-state index in [2.05, 4.69) is 0 Å². The van der Waals surface area contributed by atoms with Crippen molar-refractivity contribution < 1.29 is 14.9 Å². The highest BCUT2D eigenvalue weighted by molar-refractivity contribution is 5.48. The maximum atomic E-state index is 9.61. The van der Waals surface area contributed by atoms with Gasteiger partial charge in [0.25, 0.3) is 0 Å². The van der Waals surface area contributed by atoms with E-state index in [4.69, 9.17) is 9.84 Å². The molecule has 13 heavy (non-hydrogen) atoms. The molecule has 3 heteroatoms. The van der Waals surface area contributed by atoms with Gasteiger partial charge in [0.2, 0.25) is 0 Å². The van der Waals surface area contributed by atoms with Crippen molar-refractivity contribution in [2.45, 2.75) is 13.3 Å². The van der Waals surface area contributed by atoms with Gasteiger partial charge >= 0.3 is 0 Å². The summed E-state index contributed by atoms with van der Waals surface area (Å²) in [4.78, 5) is 0. The number of aliphatic hydroxyl groups is 1. The van der Waals surface area contributed by atoms with Gasteiger partial charge in [0.1, 0.15) is 0 Å². The maximum Gasteiger partial charge on any atom is 0.161 e. The van der Waals surface area contributed by atoms with Crippen LogP contribution in [0.5, 0.6) is 11.5 Å². The molecule has 0 heterocycles. The largest absolute Gasteiger partial charge is 0.504 e. The zero-order valence-electron chi connectivity index (χ0n) is 7.87. The van der Waals surface area contributed by atoms with Crippen LogP contribution >= 0.6 is 0 Å². The van der Waals surface area contributed by atoms with Gasteiger partial charge < -0.3 is 14.9 Å². The zero-order valence-corrected chi connectivity index (χ0v) is 7.87. The average Bonchev–Trinajstić information content (AvgIpc) is 2.11. The topological polar surface area (TPSA) is 49.7 Å². The molecular weight excluding hydrogens is 168 g/mol. The lowest BCUT2D eigenvalue weighted by atomic mass is 10.1. The standard InChI is InChI=1S/C10H14O3/c1-7-5-8(3-4-11)10(12)9(6-7)13-2/h5-6,11-12H,3-4H2,1-2H3. The molecule has 0 aliphatic carbocycles. The maximum absolute atomic E-state index is 9.61. The number of phenolic OH excluding ortho intramolecular Hbond substituents is 1. The van der Waals surface area contributed by atoms with Gasteiger partial charge in [-0.15, -0.1) is 0 Å². The molecule has 0 aliphatic rings. The fourth-order valence-corrected chi connectivity index (χ4v) is 1.28. The van der Waals surface area contributed by atoms with Crippen LogP contribution in [0.1, 0.15) is 11.1 Å². The van der Waals surface area contributed by atoms with Gasteiger partial charge in [0.15, 0.2) is 11.5 Å². The Balaban J connectivity index is 3.11. The minimum Gasteiger partial charge on any atom is -0.504 e. The van der Waals surface area contributed by atoms with E-state index in [1.165, 1.54) is 7.11 Å². The Hall–Kier alpha value is -1.22. The number of hydrogen-bond donors (Lipinski definition) is 2. The Morgan fingerprint density at radius 2 is 2.08 bits per heavy atom. The lowest BCUT2D eigenvalue weighted by molar-refractivity contribution is 0.296. The van der Waals surface area contributed by atoms with E-state index in [9.17, 15) is 5.11 Å². The molecule has 0 aromatic heterocycles. The summed E-state index contributed by atoms with van der Waals surface area (Å²) in [5.74, 6) is 0.589. The van der Waals surface area contributed by atoms with Gasteiger partial charge in [0.05, 0.1) is 7.11 Å². The third kappa shape index (κ3) is 2.12. The first-order valence-corrected chi connectivity index (χ1v) is 4.16. The second-order valence-electron chi connectivity index (χ2n) is 2.95. The van der Waals surface area contributed by atoms with E-state index in [1.807, 2.05) is 13.0 Å². The number of ether oxygens (including phenoxy) is 1. The highest BCUT2D eigenvalue weighted by Crippen LogP contribution is 2.31. The molecule has 0 radical (unpaired) electrons. The number of rotatable bonds is 3. The number of methoxy groups -OCH3 is 1.